The number of benzene rings is 1. The van der Waals surface area contributed by atoms with E-state index >= 15 is 0 Å². The van der Waals surface area contributed by atoms with Crippen molar-refractivity contribution in [2.45, 2.75) is 20.3 Å². The minimum absolute atomic E-state index is 0.167. The molecule has 0 radical (unpaired) electrons. The van der Waals surface area contributed by atoms with Gasteiger partial charge in [-0.25, -0.2) is 0 Å². The molecule has 0 unspecified atom stereocenters. The largest absolute Gasteiger partial charge is 0.481 e. The molecule has 1 aromatic heterocycles. The van der Waals surface area contributed by atoms with Crippen molar-refractivity contribution in [3.8, 4) is 0 Å². The topological polar surface area (TPSA) is 70.2 Å². The molecule has 100 valence electrons. The smallest absolute Gasteiger partial charge is 0.309 e. The third kappa shape index (κ3) is 2.79. The molecule has 0 aliphatic carbocycles. The van der Waals surface area contributed by atoms with Gasteiger partial charge in [-0.3, -0.25) is 9.59 Å². The summed E-state index contributed by atoms with van der Waals surface area (Å²) in [5, 5.41) is 10.5. The van der Waals surface area contributed by atoms with Crippen LogP contribution < -0.4 is 5.56 Å². The van der Waals surface area contributed by atoms with E-state index in [9.17, 15) is 9.59 Å². The molecule has 0 fully saturated rings. The Balaban J connectivity index is 2.52. The van der Waals surface area contributed by atoms with E-state index < -0.39 is 11.4 Å². The highest BCUT2D eigenvalue weighted by atomic mass is 35.5. The molecular formula is C14H14ClNO3. The Labute approximate surface area is 115 Å². The summed E-state index contributed by atoms with van der Waals surface area (Å²) in [5.41, 5.74) is -0.114. The second-order valence-electron chi connectivity index (χ2n) is 5.22. The first-order valence-corrected chi connectivity index (χ1v) is 6.22. The number of H-pyrrole nitrogens is 1. The van der Waals surface area contributed by atoms with Crippen molar-refractivity contribution in [3.05, 3.63) is 45.2 Å². The van der Waals surface area contributed by atoms with Gasteiger partial charge in [-0.2, -0.15) is 0 Å². The van der Waals surface area contributed by atoms with Crippen LogP contribution in [0.1, 0.15) is 19.4 Å². The van der Waals surface area contributed by atoms with E-state index in [0.29, 0.717) is 16.1 Å². The van der Waals surface area contributed by atoms with Crippen LogP contribution in [0.15, 0.2) is 29.1 Å². The van der Waals surface area contributed by atoms with Gasteiger partial charge in [-0.05, 0) is 49.9 Å². The van der Waals surface area contributed by atoms with E-state index in [2.05, 4.69) is 4.98 Å². The van der Waals surface area contributed by atoms with Gasteiger partial charge >= 0.3 is 5.97 Å². The number of carboxylic acid groups (broad SMARTS) is 1. The van der Waals surface area contributed by atoms with Gasteiger partial charge in [0, 0.05) is 16.1 Å². The molecule has 0 aliphatic rings. The van der Waals surface area contributed by atoms with E-state index in [1.54, 1.807) is 38.1 Å². The molecule has 1 aromatic carbocycles. The number of fused-ring (bicyclic) bond motifs is 1. The molecule has 0 saturated heterocycles. The third-order valence-electron chi connectivity index (χ3n) is 3.09. The number of hydrogen-bond donors (Lipinski definition) is 2. The molecule has 4 nitrogen and oxygen atoms in total. The van der Waals surface area contributed by atoms with Gasteiger partial charge in [-0.15, -0.1) is 0 Å². The number of hydrogen-bond acceptors (Lipinski definition) is 2. The zero-order chi connectivity index (χ0) is 14.2. The molecule has 0 bridgehead atoms. The minimum atomic E-state index is -0.987. The van der Waals surface area contributed by atoms with Crippen molar-refractivity contribution in [1.29, 1.82) is 0 Å². The Kier molecular flexibility index (Phi) is 3.37. The monoisotopic (exact) mass is 279 g/mol. The lowest BCUT2D eigenvalue weighted by atomic mass is 9.86. The Morgan fingerprint density at radius 3 is 2.68 bits per heavy atom. The van der Waals surface area contributed by atoms with E-state index in [1.807, 2.05) is 0 Å². The fourth-order valence-corrected chi connectivity index (χ4v) is 2.09. The standard InChI is InChI=1S/C14H14ClNO3/c1-14(2,13(18)19)7-9-5-8-6-10(15)3-4-11(8)16-12(9)17/h3-6H,7H2,1-2H3,(H,16,17)(H,18,19). The first kappa shape index (κ1) is 13.6. The molecule has 2 aromatic rings. The van der Waals surface area contributed by atoms with Crippen LogP contribution in [0, 0.1) is 5.41 Å². The first-order valence-electron chi connectivity index (χ1n) is 5.84. The van der Waals surface area contributed by atoms with Gasteiger partial charge in [0.1, 0.15) is 0 Å². The highest BCUT2D eigenvalue weighted by Gasteiger charge is 2.28. The normalized spacial score (nSPS) is 11.7. The summed E-state index contributed by atoms with van der Waals surface area (Å²) < 4.78 is 0. The van der Waals surface area contributed by atoms with E-state index in [4.69, 9.17) is 16.7 Å². The average Bonchev–Trinajstić information content (AvgIpc) is 2.30. The molecule has 19 heavy (non-hydrogen) atoms. The molecule has 0 saturated carbocycles. The molecule has 2 N–H and O–H groups in total. The Hall–Kier alpha value is -1.81. The van der Waals surface area contributed by atoms with Crippen LogP contribution in [-0.2, 0) is 11.2 Å². The third-order valence-corrected chi connectivity index (χ3v) is 3.33. The summed E-state index contributed by atoms with van der Waals surface area (Å²) >= 11 is 5.91. The molecule has 5 heteroatoms. The predicted molar refractivity (Wildman–Crippen MR) is 74.7 cm³/mol. The van der Waals surface area contributed by atoms with E-state index in [1.165, 1.54) is 0 Å². The SMILES string of the molecule is CC(C)(Cc1cc2cc(Cl)ccc2[nH]c1=O)C(=O)O. The Morgan fingerprint density at radius 1 is 1.37 bits per heavy atom. The predicted octanol–water partition coefficient (Wildman–Crippen LogP) is 2.83. The van der Waals surface area contributed by atoms with Crippen LogP contribution in [0.3, 0.4) is 0 Å². The summed E-state index contributed by atoms with van der Waals surface area (Å²) in [4.78, 5) is 25.8. The number of halogens is 1. The second-order valence-corrected chi connectivity index (χ2v) is 5.66. The van der Waals surface area contributed by atoms with Crippen LogP contribution in [0.2, 0.25) is 5.02 Å². The van der Waals surface area contributed by atoms with Gasteiger partial charge in [0.05, 0.1) is 5.41 Å². The van der Waals surface area contributed by atoms with Crippen molar-refractivity contribution in [3.63, 3.8) is 0 Å². The number of aliphatic carboxylic acids is 1. The van der Waals surface area contributed by atoms with Gasteiger partial charge < -0.3 is 10.1 Å². The van der Waals surface area contributed by atoms with Crippen LogP contribution in [0.25, 0.3) is 10.9 Å². The zero-order valence-electron chi connectivity index (χ0n) is 10.7. The zero-order valence-corrected chi connectivity index (χ0v) is 11.4. The van der Waals surface area contributed by atoms with Gasteiger partial charge in [0.2, 0.25) is 0 Å². The fraction of sp³-hybridized carbons (Fsp3) is 0.286. The minimum Gasteiger partial charge on any atom is -0.481 e. The maximum atomic E-state index is 11.9. The molecule has 1 heterocycles. The highest BCUT2D eigenvalue weighted by Crippen LogP contribution is 2.23. The van der Waals surface area contributed by atoms with Gasteiger partial charge in [0.25, 0.3) is 5.56 Å². The maximum absolute atomic E-state index is 11.9. The number of rotatable bonds is 3. The van der Waals surface area contributed by atoms with Gasteiger partial charge in [0.15, 0.2) is 0 Å². The van der Waals surface area contributed by atoms with Crippen molar-refractivity contribution < 1.29 is 9.90 Å². The Morgan fingerprint density at radius 2 is 2.05 bits per heavy atom. The summed E-state index contributed by atoms with van der Waals surface area (Å²) in [5.74, 6) is -0.932. The van der Waals surface area contributed by atoms with Crippen molar-refractivity contribution in [2.24, 2.45) is 5.41 Å². The van der Waals surface area contributed by atoms with Crippen LogP contribution in [0.5, 0.6) is 0 Å². The van der Waals surface area contributed by atoms with Crippen LogP contribution in [0.4, 0.5) is 0 Å². The van der Waals surface area contributed by atoms with Crippen molar-refractivity contribution in [1.82, 2.24) is 4.98 Å². The lowest BCUT2D eigenvalue weighted by molar-refractivity contribution is -0.146. The quantitative estimate of drug-likeness (QED) is 0.907. The maximum Gasteiger partial charge on any atom is 0.309 e. The number of nitrogens with one attached hydrogen (secondary N) is 1. The number of aromatic nitrogens is 1. The lowest BCUT2D eigenvalue weighted by Gasteiger charge is -2.18. The van der Waals surface area contributed by atoms with E-state index in [-0.39, 0.29) is 12.0 Å². The fourth-order valence-electron chi connectivity index (χ4n) is 1.91. The van der Waals surface area contributed by atoms with Crippen LogP contribution >= 0.6 is 11.6 Å². The second kappa shape index (κ2) is 4.70. The number of carboxylic acids is 1. The van der Waals surface area contributed by atoms with Crippen molar-refractivity contribution in [2.75, 3.05) is 0 Å². The molecular weight excluding hydrogens is 266 g/mol. The molecule has 0 atom stereocenters. The Bertz CT molecular complexity index is 703. The van der Waals surface area contributed by atoms with Gasteiger partial charge in [-0.1, -0.05) is 11.6 Å². The summed E-state index contributed by atoms with van der Waals surface area (Å²) in [7, 11) is 0. The highest BCUT2D eigenvalue weighted by molar-refractivity contribution is 6.31. The summed E-state index contributed by atoms with van der Waals surface area (Å²) in [6.07, 6.45) is 0.167. The first-order chi connectivity index (χ1) is 8.79. The van der Waals surface area contributed by atoms with E-state index in [0.717, 1.165) is 5.39 Å². The number of carbonyl (C=O) groups is 1. The number of pyridine rings is 1. The number of aromatic amines is 1. The summed E-state index contributed by atoms with van der Waals surface area (Å²) in [6.45, 7) is 3.19. The summed E-state index contributed by atoms with van der Waals surface area (Å²) in [6, 6.07) is 6.86. The molecule has 0 spiro atoms. The molecule has 2 rings (SSSR count). The van der Waals surface area contributed by atoms with Crippen molar-refractivity contribution >= 4 is 28.5 Å². The molecule has 0 aliphatic heterocycles. The molecule has 0 amide bonds. The lowest BCUT2D eigenvalue weighted by Crippen LogP contribution is -2.29. The van der Waals surface area contributed by atoms with Crippen LogP contribution in [-0.4, -0.2) is 16.1 Å². The average molecular weight is 280 g/mol.